The van der Waals surface area contributed by atoms with Crippen molar-refractivity contribution in [1.29, 1.82) is 0 Å². The van der Waals surface area contributed by atoms with Crippen LogP contribution in [0.5, 0.6) is 0 Å². The van der Waals surface area contributed by atoms with Gasteiger partial charge in [-0.05, 0) is 0 Å². The molecule has 0 bridgehead atoms. The summed E-state index contributed by atoms with van der Waals surface area (Å²) in [4.78, 5) is 10.8. The molecule has 17 heavy (non-hydrogen) atoms. The van der Waals surface area contributed by atoms with E-state index in [1.54, 1.807) is 0 Å². The average Bonchev–Trinajstić information content (AvgIpc) is 2.32. The van der Waals surface area contributed by atoms with Crippen molar-refractivity contribution in [2.24, 2.45) is 0 Å². The van der Waals surface area contributed by atoms with Crippen molar-refractivity contribution in [3.8, 4) is 0 Å². The van der Waals surface area contributed by atoms with Gasteiger partial charge in [-0.2, -0.15) is 0 Å². The second kappa shape index (κ2) is 13.0. The summed E-state index contributed by atoms with van der Waals surface area (Å²) >= 11 is 0. The second-order valence-corrected chi connectivity index (χ2v) is 2.96. The number of hydrogen-bond acceptors (Lipinski definition) is 6. The SMILES string of the molecule is C=COCCOCCOCCOC(=O)CCO. The Labute approximate surface area is 101 Å². The molecule has 0 aromatic carbocycles. The van der Waals surface area contributed by atoms with Crippen LogP contribution in [0.25, 0.3) is 0 Å². The van der Waals surface area contributed by atoms with Gasteiger partial charge in [0.1, 0.15) is 13.2 Å². The van der Waals surface area contributed by atoms with E-state index >= 15 is 0 Å². The smallest absolute Gasteiger partial charge is 0.308 e. The van der Waals surface area contributed by atoms with Crippen LogP contribution in [0.3, 0.4) is 0 Å². The van der Waals surface area contributed by atoms with Gasteiger partial charge in [-0.3, -0.25) is 4.79 Å². The third-order valence-corrected chi connectivity index (χ3v) is 1.64. The number of ether oxygens (including phenoxy) is 4. The van der Waals surface area contributed by atoms with Crippen LogP contribution in [0.1, 0.15) is 6.42 Å². The minimum atomic E-state index is -0.422. The topological polar surface area (TPSA) is 74.2 Å². The van der Waals surface area contributed by atoms with Crippen LogP contribution in [0.15, 0.2) is 12.8 Å². The highest BCUT2D eigenvalue weighted by molar-refractivity contribution is 5.69. The lowest BCUT2D eigenvalue weighted by atomic mass is 10.5. The molecule has 0 radical (unpaired) electrons. The van der Waals surface area contributed by atoms with Crippen molar-refractivity contribution in [3.63, 3.8) is 0 Å². The summed E-state index contributed by atoms with van der Waals surface area (Å²) in [7, 11) is 0. The predicted octanol–water partition coefficient (Wildman–Crippen LogP) is 0.105. The molecule has 0 aromatic heterocycles. The summed E-state index contributed by atoms with van der Waals surface area (Å²) in [5.41, 5.74) is 0. The van der Waals surface area contributed by atoms with E-state index in [1.165, 1.54) is 6.26 Å². The minimum absolute atomic E-state index is 0.0203. The van der Waals surface area contributed by atoms with Gasteiger partial charge >= 0.3 is 5.97 Å². The first-order chi connectivity index (χ1) is 8.31. The van der Waals surface area contributed by atoms with Crippen molar-refractivity contribution >= 4 is 5.97 Å². The molecular formula is C11H20O6. The summed E-state index contributed by atoms with van der Waals surface area (Å²) < 4.78 is 19.9. The van der Waals surface area contributed by atoms with Crippen LogP contribution in [0.2, 0.25) is 0 Å². The first-order valence-corrected chi connectivity index (χ1v) is 5.45. The molecule has 0 aliphatic rings. The summed E-state index contributed by atoms with van der Waals surface area (Å²) in [6.45, 7) is 5.58. The van der Waals surface area contributed by atoms with Gasteiger partial charge in [-0.15, -0.1) is 0 Å². The van der Waals surface area contributed by atoms with Crippen molar-refractivity contribution < 1.29 is 28.8 Å². The number of carbonyl (C=O) groups excluding carboxylic acids is 1. The zero-order valence-corrected chi connectivity index (χ0v) is 9.93. The Balaban J connectivity index is 3.03. The van der Waals surface area contributed by atoms with Crippen LogP contribution in [0.4, 0.5) is 0 Å². The molecule has 0 spiro atoms. The van der Waals surface area contributed by atoms with Gasteiger partial charge in [0, 0.05) is 0 Å². The van der Waals surface area contributed by atoms with Crippen molar-refractivity contribution in [3.05, 3.63) is 12.8 Å². The van der Waals surface area contributed by atoms with E-state index in [1.807, 2.05) is 0 Å². The highest BCUT2D eigenvalue weighted by Crippen LogP contribution is 1.86. The summed E-state index contributed by atoms with van der Waals surface area (Å²) in [6.07, 6.45) is 1.38. The molecule has 0 aliphatic heterocycles. The average molecular weight is 248 g/mol. The number of carbonyl (C=O) groups is 1. The van der Waals surface area contributed by atoms with Gasteiger partial charge in [-0.25, -0.2) is 0 Å². The Morgan fingerprint density at radius 3 is 2.24 bits per heavy atom. The van der Waals surface area contributed by atoms with Gasteiger partial charge in [0.25, 0.3) is 0 Å². The molecule has 0 unspecified atom stereocenters. The Kier molecular flexibility index (Phi) is 12.1. The third kappa shape index (κ3) is 12.8. The fourth-order valence-electron chi connectivity index (χ4n) is 0.890. The molecule has 0 rings (SSSR count). The Morgan fingerprint density at radius 1 is 1.06 bits per heavy atom. The van der Waals surface area contributed by atoms with E-state index in [9.17, 15) is 4.79 Å². The van der Waals surface area contributed by atoms with Crippen LogP contribution in [-0.4, -0.2) is 57.3 Å². The van der Waals surface area contributed by atoms with E-state index in [0.29, 0.717) is 33.0 Å². The Hall–Kier alpha value is -1.11. The van der Waals surface area contributed by atoms with Crippen LogP contribution < -0.4 is 0 Å². The van der Waals surface area contributed by atoms with Gasteiger partial charge in [0.2, 0.25) is 0 Å². The standard InChI is InChI=1S/C11H20O6/c1-2-14-5-6-15-7-8-16-9-10-17-11(13)3-4-12/h2,12H,1,3-10H2. The van der Waals surface area contributed by atoms with Crippen molar-refractivity contribution in [1.82, 2.24) is 0 Å². The number of aliphatic hydroxyl groups excluding tert-OH is 1. The third-order valence-electron chi connectivity index (χ3n) is 1.64. The molecule has 6 nitrogen and oxygen atoms in total. The second-order valence-electron chi connectivity index (χ2n) is 2.96. The van der Waals surface area contributed by atoms with Gasteiger partial charge in [0.05, 0.1) is 45.7 Å². The molecule has 0 aromatic rings. The van der Waals surface area contributed by atoms with Crippen LogP contribution in [-0.2, 0) is 23.7 Å². The maximum absolute atomic E-state index is 10.8. The van der Waals surface area contributed by atoms with E-state index in [2.05, 4.69) is 6.58 Å². The quantitative estimate of drug-likeness (QED) is 0.300. The number of esters is 1. The molecule has 0 fully saturated rings. The molecule has 0 atom stereocenters. The van der Waals surface area contributed by atoms with E-state index in [-0.39, 0.29) is 19.6 Å². The molecule has 0 aliphatic carbocycles. The lowest BCUT2D eigenvalue weighted by Gasteiger charge is -2.06. The van der Waals surface area contributed by atoms with E-state index < -0.39 is 5.97 Å². The molecule has 100 valence electrons. The summed E-state index contributed by atoms with van der Waals surface area (Å²) in [5, 5.41) is 8.43. The maximum Gasteiger partial charge on any atom is 0.308 e. The first-order valence-electron chi connectivity index (χ1n) is 5.45. The fourth-order valence-corrected chi connectivity index (χ4v) is 0.890. The molecule has 0 saturated carbocycles. The van der Waals surface area contributed by atoms with Gasteiger partial charge in [-0.1, -0.05) is 6.58 Å². The van der Waals surface area contributed by atoms with Gasteiger partial charge < -0.3 is 24.1 Å². The zero-order chi connectivity index (χ0) is 12.8. The van der Waals surface area contributed by atoms with Gasteiger partial charge in [0.15, 0.2) is 0 Å². The molecule has 6 heteroatoms. The Bertz CT molecular complexity index is 194. The highest BCUT2D eigenvalue weighted by atomic mass is 16.6. The molecule has 0 heterocycles. The van der Waals surface area contributed by atoms with Crippen LogP contribution in [0, 0.1) is 0 Å². The molecule has 0 saturated heterocycles. The zero-order valence-electron chi connectivity index (χ0n) is 9.93. The number of hydrogen-bond donors (Lipinski definition) is 1. The summed E-state index contributed by atoms with van der Waals surface area (Å²) in [6, 6.07) is 0. The number of aliphatic hydroxyl groups is 1. The van der Waals surface area contributed by atoms with E-state index in [0.717, 1.165) is 0 Å². The van der Waals surface area contributed by atoms with Crippen LogP contribution >= 0.6 is 0 Å². The lowest BCUT2D eigenvalue weighted by Crippen LogP contribution is -2.14. The monoisotopic (exact) mass is 248 g/mol. The highest BCUT2D eigenvalue weighted by Gasteiger charge is 2.00. The Morgan fingerprint density at radius 2 is 1.65 bits per heavy atom. The number of rotatable bonds is 12. The molecular weight excluding hydrogens is 228 g/mol. The normalized spacial score (nSPS) is 9.94. The minimum Gasteiger partial charge on any atom is -0.499 e. The molecule has 1 N–H and O–H groups in total. The van der Waals surface area contributed by atoms with Crippen molar-refractivity contribution in [2.45, 2.75) is 6.42 Å². The van der Waals surface area contributed by atoms with E-state index in [4.69, 9.17) is 24.1 Å². The largest absolute Gasteiger partial charge is 0.499 e. The predicted molar refractivity (Wildman–Crippen MR) is 60.4 cm³/mol. The first kappa shape index (κ1) is 15.9. The molecule has 0 amide bonds. The fraction of sp³-hybridized carbons (Fsp3) is 0.727. The lowest BCUT2D eigenvalue weighted by molar-refractivity contribution is -0.146. The van der Waals surface area contributed by atoms with Crippen molar-refractivity contribution in [2.75, 3.05) is 46.2 Å². The maximum atomic E-state index is 10.8. The summed E-state index contributed by atoms with van der Waals surface area (Å²) in [5.74, 6) is -0.422.